The third-order valence-electron chi connectivity index (χ3n) is 3.57. The van der Waals surface area contributed by atoms with Crippen LogP contribution in [0.25, 0.3) is 17.4 Å². The highest BCUT2D eigenvalue weighted by Gasteiger charge is 2.15. The maximum Gasteiger partial charge on any atom is 0.342 e. The number of carbonyl (C=O) groups is 2. The minimum absolute atomic E-state index is 0.0128. The largest absolute Gasteiger partial charge is 0.478 e. The van der Waals surface area contributed by atoms with E-state index < -0.39 is 11.9 Å². The van der Waals surface area contributed by atoms with E-state index in [4.69, 9.17) is 9.52 Å². The molecule has 3 N–H and O–H groups in total. The molecule has 0 bridgehead atoms. The average Bonchev–Trinajstić information content (AvgIpc) is 3.30. The zero-order valence-electron chi connectivity index (χ0n) is 14.2. The molecule has 0 aliphatic heterocycles. The van der Waals surface area contributed by atoms with E-state index in [0.717, 1.165) is 11.8 Å². The second kappa shape index (κ2) is 7.92. The third-order valence-corrected chi connectivity index (χ3v) is 4.45. The van der Waals surface area contributed by atoms with Gasteiger partial charge in [0.15, 0.2) is 0 Å². The van der Waals surface area contributed by atoms with Crippen LogP contribution >= 0.6 is 11.8 Å². The number of H-pyrrole nitrogens is 1. The minimum atomic E-state index is -1.12. The predicted octanol–water partition coefficient (Wildman–Crippen LogP) is 3.54. The quantitative estimate of drug-likeness (QED) is 0.416. The van der Waals surface area contributed by atoms with Crippen LogP contribution < -0.4 is 0 Å². The summed E-state index contributed by atoms with van der Waals surface area (Å²) >= 11 is 0.921. The van der Waals surface area contributed by atoms with Gasteiger partial charge in [0.1, 0.15) is 22.3 Å². The first-order valence-corrected chi connectivity index (χ1v) is 8.75. The highest BCUT2D eigenvalue weighted by Crippen LogP contribution is 2.28. The number of benzene rings is 1. The van der Waals surface area contributed by atoms with Crippen molar-refractivity contribution < 1.29 is 24.2 Å². The molecule has 0 atom stereocenters. The van der Waals surface area contributed by atoms with Crippen LogP contribution in [0.1, 0.15) is 28.9 Å². The third kappa shape index (κ3) is 4.45. The molecule has 8 nitrogen and oxygen atoms in total. The number of aryl methyl sites for hydroxylation is 1. The Morgan fingerprint density at radius 3 is 2.52 bits per heavy atom. The van der Waals surface area contributed by atoms with Crippen LogP contribution in [0.5, 0.6) is 0 Å². The molecule has 0 radical (unpaired) electrons. The summed E-state index contributed by atoms with van der Waals surface area (Å²) in [6.07, 6.45) is 2.06. The summed E-state index contributed by atoms with van der Waals surface area (Å²) in [5.41, 5.74) is 0.860. The van der Waals surface area contributed by atoms with Crippen LogP contribution in [-0.4, -0.2) is 37.3 Å². The van der Waals surface area contributed by atoms with Gasteiger partial charge in [-0.3, -0.25) is 5.10 Å². The monoisotopic (exact) mass is 385 g/mol. The first kappa shape index (κ1) is 18.5. The molecule has 0 saturated carbocycles. The molecule has 138 valence electrons. The Morgan fingerprint density at radius 2 is 1.93 bits per heavy atom. The number of aromatic amines is 1. The maximum atomic E-state index is 11.5. The molecule has 27 heavy (non-hydrogen) atoms. The molecule has 0 aliphatic rings. The van der Waals surface area contributed by atoms with E-state index in [0.29, 0.717) is 34.5 Å². The van der Waals surface area contributed by atoms with Gasteiger partial charge in [-0.25, -0.2) is 14.6 Å². The summed E-state index contributed by atoms with van der Waals surface area (Å²) in [7, 11) is 0. The van der Waals surface area contributed by atoms with Crippen LogP contribution in [-0.2, 0) is 11.2 Å². The number of carboxylic acid groups (broad SMARTS) is 2. The lowest BCUT2D eigenvalue weighted by Crippen LogP contribution is -1.97. The van der Waals surface area contributed by atoms with Gasteiger partial charge in [0.25, 0.3) is 0 Å². The van der Waals surface area contributed by atoms with Gasteiger partial charge in [-0.1, -0.05) is 19.1 Å². The van der Waals surface area contributed by atoms with Gasteiger partial charge in [0.2, 0.25) is 5.16 Å². The Balaban J connectivity index is 1.82. The Morgan fingerprint density at radius 1 is 1.19 bits per heavy atom. The molecule has 2 aromatic heterocycles. The molecular formula is C18H15N3O5S. The van der Waals surface area contributed by atoms with E-state index >= 15 is 0 Å². The molecule has 0 aliphatic carbocycles. The van der Waals surface area contributed by atoms with E-state index in [1.54, 1.807) is 24.3 Å². The average molecular weight is 385 g/mol. The normalized spacial score (nSPS) is 11.5. The van der Waals surface area contributed by atoms with E-state index in [9.17, 15) is 14.7 Å². The van der Waals surface area contributed by atoms with E-state index in [1.807, 2.05) is 6.92 Å². The second-order valence-electron chi connectivity index (χ2n) is 5.42. The van der Waals surface area contributed by atoms with Crippen molar-refractivity contribution in [3.63, 3.8) is 0 Å². The Kier molecular flexibility index (Phi) is 5.41. The predicted molar refractivity (Wildman–Crippen MR) is 98.3 cm³/mol. The standard InChI is InChI=1S/C18H15N3O5S/c1-2-15-19-18(21-20-15)27-14(17(24)25)9-12-7-8-13(26-12)10-3-5-11(6-4-10)16(22)23/h3-9H,2H2,1H3,(H,22,23)(H,24,25)(H,19,20,21)/b14-9+. The lowest BCUT2D eigenvalue weighted by Gasteiger charge is -1.99. The summed E-state index contributed by atoms with van der Waals surface area (Å²) in [6.45, 7) is 1.91. The number of aromatic nitrogens is 3. The van der Waals surface area contributed by atoms with E-state index in [1.165, 1.54) is 18.2 Å². The molecule has 0 fully saturated rings. The second-order valence-corrected chi connectivity index (χ2v) is 6.43. The molecule has 0 amide bonds. The fraction of sp³-hybridized carbons (Fsp3) is 0.111. The topological polar surface area (TPSA) is 129 Å². The first-order valence-electron chi connectivity index (χ1n) is 7.94. The SMILES string of the molecule is CCc1nc(S/C(=C/c2ccc(-c3ccc(C(=O)O)cc3)o2)C(=O)O)n[nH]1. The van der Waals surface area contributed by atoms with Gasteiger partial charge < -0.3 is 14.6 Å². The Bertz CT molecular complexity index is 1000. The summed E-state index contributed by atoms with van der Waals surface area (Å²) in [5.74, 6) is -0.604. The molecule has 0 unspecified atom stereocenters. The number of hydrogen-bond donors (Lipinski definition) is 3. The lowest BCUT2D eigenvalue weighted by molar-refractivity contribution is -0.131. The summed E-state index contributed by atoms with van der Waals surface area (Å²) < 4.78 is 5.67. The lowest BCUT2D eigenvalue weighted by atomic mass is 10.1. The van der Waals surface area contributed by atoms with Crippen LogP contribution in [0, 0.1) is 0 Å². The number of hydrogen-bond acceptors (Lipinski definition) is 6. The van der Waals surface area contributed by atoms with E-state index in [-0.39, 0.29) is 10.5 Å². The minimum Gasteiger partial charge on any atom is -0.478 e. The molecule has 3 rings (SSSR count). The molecule has 9 heteroatoms. The van der Waals surface area contributed by atoms with Gasteiger partial charge in [-0.2, -0.15) is 0 Å². The number of thioether (sulfide) groups is 1. The first-order chi connectivity index (χ1) is 13.0. The number of aliphatic carboxylic acids is 1. The zero-order chi connectivity index (χ0) is 19.4. The van der Waals surface area contributed by atoms with Crippen molar-refractivity contribution in [3.8, 4) is 11.3 Å². The highest BCUT2D eigenvalue weighted by molar-refractivity contribution is 8.04. The van der Waals surface area contributed by atoms with Crippen molar-refractivity contribution in [3.05, 3.63) is 58.5 Å². The van der Waals surface area contributed by atoms with Gasteiger partial charge >= 0.3 is 11.9 Å². The number of nitrogens with one attached hydrogen (secondary N) is 1. The Labute approximate surface area is 157 Å². The van der Waals surface area contributed by atoms with Crippen molar-refractivity contribution in [1.82, 2.24) is 15.2 Å². The molecular weight excluding hydrogens is 370 g/mol. The summed E-state index contributed by atoms with van der Waals surface area (Å²) in [5, 5.41) is 25.4. The summed E-state index contributed by atoms with van der Waals surface area (Å²) in [4.78, 5) is 26.6. The van der Waals surface area contributed by atoms with Crippen molar-refractivity contribution >= 4 is 29.8 Å². The van der Waals surface area contributed by atoms with Crippen LogP contribution in [0.3, 0.4) is 0 Å². The van der Waals surface area contributed by atoms with Crippen LogP contribution in [0.4, 0.5) is 0 Å². The highest BCUT2D eigenvalue weighted by atomic mass is 32.2. The fourth-order valence-corrected chi connectivity index (χ4v) is 2.91. The van der Waals surface area contributed by atoms with Crippen molar-refractivity contribution in [2.75, 3.05) is 0 Å². The van der Waals surface area contributed by atoms with Crippen LogP contribution in [0.2, 0.25) is 0 Å². The molecule has 0 spiro atoms. The summed E-state index contributed by atoms with van der Waals surface area (Å²) in [6, 6.07) is 9.53. The van der Waals surface area contributed by atoms with Gasteiger partial charge in [-0.05, 0) is 36.0 Å². The fourth-order valence-electron chi connectivity index (χ4n) is 2.21. The zero-order valence-corrected chi connectivity index (χ0v) is 15.0. The van der Waals surface area contributed by atoms with Gasteiger partial charge in [0.05, 0.1) is 5.56 Å². The van der Waals surface area contributed by atoms with Crippen molar-refractivity contribution in [1.29, 1.82) is 0 Å². The Hall–Kier alpha value is -3.33. The van der Waals surface area contributed by atoms with Gasteiger partial charge in [-0.15, -0.1) is 5.10 Å². The smallest absolute Gasteiger partial charge is 0.342 e. The van der Waals surface area contributed by atoms with Crippen molar-refractivity contribution in [2.45, 2.75) is 18.5 Å². The van der Waals surface area contributed by atoms with Crippen LogP contribution in [0.15, 0.2) is 50.9 Å². The number of carboxylic acids is 2. The molecule has 0 saturated heterocycles. The van der Waals surface area contributed by atoms with Gasteiger partial charge in [0, 0.05) is 18.1 Å². The number of aromatic carboxylic acids is 1. The number of rotatable bonds is 7. The number of nitrogens with zero attached hydrogens (tertiary/aromatic N) is 2. The maximum absolute atomic E-state index is 11.5. The number of furan rings is 1. The van der Waals surface area contributed by atoms with E-state index in [2.05, 4.69) is 15.2 Å². The molecule has 2 heterocycles. The molecule has 3 aromatic rings. The van der Waals surface area contributed by atoms with Crippen molar-refractivity contribution in [2.24, 2.45) is 0 Å². The molecule has 1 aromatic carbocycles.